The van der Waals surface area contributed by atoms with Crippen LogP contribution in [0.4, 0.5) is 5.69 Å². The van der Waals surface area contributed by atoms with Crippen molar-refractivity contribution in [1.82, 2.24) is 5.32 Å². The van der Waals surface area contributed by atoms with Gasteiger partial charge in [0.05, 0.1) is 18.1 Å². The molecule has 20 heavy (non-hydrogen) atoms. The van der Waals surface area contributed by atoms with Crippen LogP contribution in [0, 0.1) is 10.1 Å². The minimum absolute atomic E-state index is 0.107. The van der Waals surface area contributed by atoms with Crippen molar-refractivity contribution in [3.8, 4) is 0 Å². The predicted octanol–water partition coefficient (Wildman–Crippen LogP) is 2.98. The summed E-state index contributed by atoms with van der Waals surface area (Å²) in [6.45, 7) is 4.43. The van der Waals surface area contributed by atoms with E-state index >= 15 is 0 Å². The smallest absolute Gasteiger partial charge is 0.269 e. The first-order valence-corrected chi connectivity index (χ1v) is 6.90. The van der Waals surface area contributed by atoms with E-state index in [1.165, 1.54) is 11.6 Å². The Morgan fingerprint density at radius 1 is 1.50 bits per heavy atom. The van der Waals surface area contributed by atoms with Crippen molar-refractivity contribution in [3.63, 3.8) is 0 Å². The number of nitrogens with zero attached hydrogens (tertiary/aromatic N) is 1. The molecule has 0 bridgehead atoms. The van der Waals surface area contributed by atoms with Gasteiger partial charge in [0.2, 0.25) is 0 Å². The van der Waals surface area contributed by atoms with Gasteiger partial charge in [0.15, 0.2) is 0 Å². The molecular weight excluding hydrogens is 256 g/mol. The first-order valence-electron chi connectivity index (χ1n) is 6.90. The maximum Gasteiger partial charge on any atom is 0.269 e. The maximum atomic E-state index is 10.8. The summed E-state index contributed by atoms with van der Waals surface area (Å²) < 4.78 is 5.27. The second kappa shape index (κ2) is 7.17. The van der Waals surface area contributed by atoms with Crippen molar-refractivity contribution >= 4 is 5.69 Å². The van der Waals surface area contributed by atoms with Crippen LogP contribution in [0.15, 0.2) is 35.9 Å². The van der Waals surface area contributed by atoms with E-state index in [-0.39, 0.29) is 16.7 Å². The Kier molecular flexibility index (Phi) is 5.26. The molecule has 0 aliphatic carbocycles. The summed E-state index contributed by atoms with van der Waals surface area (Å²) in [5, 5.41) is 14.2. The minimum atomic E-state index is -0.358. The molecule has 0 saturated heterocycles. The van der Waals surface area contributed by atoms with Crippen LogP contribution in [-0.2, 0) is 4.74 Å². The van der Waals surface area contributed by atoms with Gasteiger partial charge in [0.1, 0.15) is 0 Å². The molecule has 1 aliphatic rings. The van der Waals surface area contributed by atoms with E-state index in [0.29, 0.717) is 0 Å². The van der Waals surface area contributed by atoms with Gasteiger partial charge in [-0.05, 0) is 31.9 Å². The van der Waals surface area contributed by atoms with Crippen LogP contribution < -0.4 is 5.32 Å². The zero-order valence-electron chi connectivity index (χ0n) is 11.7. The summed E-state index contributed by atoms with van der Waals surface area (Å²) in [6, 6.07) is 6.90. The third kappa shape index (κ3) is 4.15. The Labute approximate surface area is 118 Å². The van der Waals surface area contributed by atoms with Crippen molar-refractivity contribution < 1.29 is 9.66 Å². The number of ether oxygens (including phenoxy) is 1. The van der Waals surface area contributed by atoms with Gasteiger partial charge in [-0.2, -0.15) is 0 Å². The molecule has 5 nitrogen and oxygen atoms in total. The molecule has 5 heteroatoms. The molecule has 108 valence electrons. The number of nitro benzene ring substituents is 1. The van der Waals surface area contributed by atoms with Crippen molar-refractivity contribution in [2.45, 2.75) is 25.8 Å². The fraction of sp³-hybridized carbons (Fsp3) is 0.467. The quantitative estimate of drug-likeness (QED) is 0.493. The first-order chi connectivity index (χ1) is 9.66. The molecule has 1 N–H and O–H groups in total. The molecule has 1 aliphatic heterocycles. The molecule has 1 aromatic carbocycles. The van der Waals surface area contributed by atoms with Crippen molar-refractivity contribution in [2.75, 3.05) is 19.8 Å². The Bertz CT molecular complexity index is 500. The van der Waals surface area contributed by atoms with E-state index in [9.17, 15) is 10.1 Å². The molecule has 0 radical (unpaired) electrons. The van der Waals surface area contributed by atoms with Gasteiger partial charge in [-0.1, -0.05) is 23.8 Å². The number of hydrogen-bond acceptors (Lipinski definition) is 4. The molecule has 2 rings (SSSR count). The summed E-state index contributed by atoms with van der Waals surface area (Å²) in [7, 11) is 0. The molecular formula is C15H20N2O3. The normalized spacial score (nSPS) is 16.6. The summed E-state index contributed by atoms with van der Waals surface area (Å²) in [5.74, 6) is 0. The van der Waals surface area contributed by atoms with E-state index in [4.69, 9.17) is 4.74 Å². The molecule has 1 aromatic rings. The van der Waals surface area contributed by atoms with Gasteiger partial charge < -0.3 is 10.1 Å². The Morgan fingerprint density at radius 2 is 2.35 bits per heavy atom. The summed E-state index contributed by atoms with van der Waals surface area (Å²) in [4.78, 5) is 10.4. The Hall–Kier alpha value is -1.72. The van der Waals surface area contributed by atoms with Gasteiger partial charge in [-0.25, -0.2) is 0 Å². The van der Waals surface area contributed by atoms with Crippen molar-refractivity contribution in [1.29, 1.82) is 0 Å². The maximum absolute atomic E-state index is 10.8. The standard InChI is InChI=1S/C15H20N2O3/c1-12(14-3-2-4-15(11-14)17(18)19)16-8-5-13-6-9-20-10-7-13/h2-4,6,11-12,16H,5,7-10H2,1H3. The van der Waals surface area contributed by atoms with Crippen LogP contribution in [-0.4, -0.2) is 24.7 Å². The third-order valence-electron chi connectivity index (χ3n) is 3.54. The van der Waals surface area contributed by atoms with Gasteiger partial charge in [-0.3, -0.25) is 10.1 Å². The Morgan fingerprint density at radius 3 is 3.05 bits per heavy atom. The van der Waals surface area contributed by atoms with Crippen LogP contribution in [0.2, 0.25) is 0 Å². The highest BCUT2D eigenvalue weighted by atomic mass is 16.6. The highest BCUT2D eigenvalue weighted by molar-refractivity contribution is 5.35. The fourth-order valence-electron chi connectivity index (χ4n) is 2.27. The number of non-ortho nitro benzene ring substituents is 1. The van der Waals surface area contributed by atoms with Crippen molar-refractivity contribution in [2.24, 2.45) is 0 Å². The fourth-order valence-corrected chi connectivity index (χ4v) is 2.27. The van der Waals surface area contributed by atoms with E-state index < -0.39 is 0 Å². The zero-order valence-corrected chi connectivity index (χ0v) is 11.7. The molecule has 0 amide bonds. The molecule has 0 saturated carbocycles. The first kappa shape index (κ1) is 14.7. The van der Waals surface area contributed by atoms with Crippen LogP contribution >= 0.6 is 0 Å². The van der Waals surface area contributed by atoms with Crippen molar-refractivity contribution in [3.05, 3.63) is 51.6 Å². The van der Waals surface area contributed by atoms with Gasteiger partial charge in [0.25, 0.3) is 5.69 Å². The largest absolute Gasteiger partial charge is 0.377 e. The van der Waals surface area contributed by atoms with Gasteiger partial charge in [0, 0.05) is 18.2 Å². The molecule has 0 fully saturated rings. The predicted molar refractivity (Wildman–Crippen MR) is 77.7 cm³/mol. The summed E-state index contributed by atoms with van der Waals surface area (Å²) >= 11 is 0. The molecule has 1 atom stereocenters. The number of benzene rings is 1. The lowest BCUT2D eigenvalue weighted by Crippen LogP contribution is -2.21. The minimum Gasteiger partial charge on any atom is -0.377 e. The molecule has 1 heterocycles. The number of nitrogens with one attached hydrogen (secondary N) is 1. The number of hydrogen-bond donors (Lipinski definition) is 1. The summed E-state index contributed by atoms with van der Waals surface area (Å²) in [6.07, 6.45) is 4.15. The molecule has 1 unspecified atom stereocenters. The van der Waals surface area contributed by atoms with Gasteiger partial charge >= 0.3 is 0 Å². The summed E-state index contributed by atoms with van der Waals surface area (Å²) in [5.41, 5.74) is 2.51. The molecule has 0 aromatic heterocycles. The van der Waals surface area contributed by atoms with Crippen LogP contribution in [0.25, 0.3) is 0 Å². The lowest BCUT2D eigenvalue weighted by molar-refractivity contribution is -0.384. The van der Waals surface area contributed by atoms with E-state index in [0.717, 1.165) is 38.2 Å². The lowest BCUT2D eigenvalue weighted by Gasteiger charge is -2.17. The van der Waals surface area contributed by atoms with E-state index in [1.54, 1.807) is 12.1 Å². The van der Waals surface area contributed by atoms with E-state index in [2.05, 4.69) is 11.4 Å². The van der Waals surface area contributed by atoms with Crippen LogP contribution in [0.1, 0.15) is 31.4 Å². The zero-order chi connectivity index (χ0) is 14.4. The van der Waals surface area contributed by atoms with E-state index in [1.807, 2.05) is 13.0 Å². The van der Waals surface area contributed by atoms with Crippen LogP contribution in [0.5, 0.6) is 0 Å². The number of rotatable bonds is 6. The SMILES string of the molecule is CC(NCCC1=CCOCC1)c1cccc([N+](=O)[O-])c1. The van der Waals surface area contributed by atoms with Gasteiger partial charge in [-0.15, -0.1) is 0 Å². The second-order valence-electron chi connectivity index (χ2n) is 4.97. The number of nitro groups is 1. The average molecular weight is 276 g/mol. The monoisotopic (exact) mass is 276 g/mol. The van der Waals surface area contributed by atoms with Crippen LogP contribution in [0.3, 0.4) is 0 Å². The highest BCUT2D eigenvalue weighted by Gasteiger charge is 2.11. The second-order valence-corrected chi connectivity index (χ2v) is 4.97. The lowest BCUT2D eigenvalue weighted by atomic mass is 10.1. The molecule has 0 spiro atoms. The topological polar surface area (TPSA) is 64.4 Å². The average Bonchev–Trinajstić information content (AvgIpc) is 2.48. The highest BCUT2D eigenvalue weighted by Crippen LogP contribution is 2.19. The third-order valence-corrected chi connectivity index (χ3v) is 3.54. The Balaban J connectivity index is 1.85.